The Morgan fingerprint density at radius 1 is 0.773 bits per heavy atom. The predicted octanol–water partition coefficient (Wildman–Crippen LogP) is 5.61. The van der Waals surface area contributed by atoms with Gasteiger partial charge in [0.15, 0.2) is 0 Å². The van der Waals surface area contributed by atoms with Gasteiger partial charge in [-0.1, -0.05) is 41.5 Å². The Morgan fingerprint density at radius 2 is 1.36 bits per heavy atom. The first-order valence-electron chi connectivity index (χ1n) is 7.00. The number of allylic oxidation sites excluding steroid dienone is 3. The highest BCUT2D eigenvalue weighted by Crippen LogP contribution is 2.11. The molecular weight excluding hydrogens is 292 g/mol. The molecule has 114 valence electrons. The van der Waals surface area contributed by atoms with Gasteiger partial charge in [0.25, 0.3) is 0 Å². The molecular formula is C19H21ClN2. The quantitative estimate of drug-likeness (QED) is 0.563. The fourth-order valence-corrected chi connectivity index (χ4v) is 1.72. The molecule has 0 bridgehead atoms. The van der Waals surface area contributed by atoms with E-state index in [1.807, 2.05) is 36.6 Å². The van der Waals surface area contributed by atoms with Gasteiger partial charge in [-0.25, -0.2) is 0 Å². The van der Waals surface area contributed by atoms with Crippen LogP contribution in [-0.2, 0) is 0 Å². The van der Waals surface area contributed by atoms with E-state index in [-0.39, 0.29) is 12.4 Å². The van der Waals surface area contributed by atoms with Gasteiger partial charge in [0, 0.05) is 18.1 Å². The third-order valence-electron chi connectivity index (χ3n) is 2.96. The molecule has 0 unspecified atom stereocenters. The molecule has 0 amide bonds. The molecule has 0 heterocycles. The molecule has 0 aliphatic heterocycles. The van der Waals surface area contributed by atoms with Gasteiger partial charge in [-0.15, -0.1) is 12.4 Å². The van der Waals surface area contributed by atoms with E-state index in [2.05, 4.69) is 60.6 Å². The highest BCUT2D eigenvalue weighted by Gasteiger charge is 1.86. The van der Waals surface area contributed by atoms with Gasteiger partial charge in [-0.3, -0.25) is 4.99 Å². The molecule has 0 saturated carbocycles. The SMILES string of the molecule is Cc1ccc(N=CC=CC=CNc2ccc(C)cc2)cc1.Cl. The lowest BCUT2D eigenvalue weighted by Gasteiger charge is -1.99. The third kappa shape index (κ3) is 6.42. The molecule has 22 heavy (non-hydrogen) atoms. The molecule has 3 heteroatoms. The van der Waals surface area contributed by atoms with E-state index in [4.69, 9.17) is 0 Å². The van der Waals surface area contributed by atoms with Crippen LogP contribution in [0.25, 0.3) is 0 Å². The molecule has 0 atom stereocenters. The Balaban J connectivity index is 0.00000242. The summed E-state index contributed by atoms with van der Waals surface area (Å²) in [5.74, 6) is 0. The van der Waals surface area contributed by atoms with E-state index in [1.54, 1.807) is 6.21 Å². The summed E-state index contributed by atoms with van der Waals surface area (Å²) in [6.45, 7) is 4.15. The molecule has 2 aromatic rings. The number of aryl methyl sites for hydroxylation is 2. The third-order valence-corrected chi connectivity index (χ3v) is 2.96. The largest absolute Gasteiger partial charge is 0.362 e. The van der Waals surface area contributed by atoms with Gasteiger partial charge < -0.3 is 5.32 Å². The highest BCUT2D eigenvalue weighted by molar-refractivity contribution is 5.85. The van der Waals surface area contributed by atoms with Crippen LogP contribution in [-0.4, -0.2) is 6.21 Å². The molecule has 0 spiro atoms. The van der Waals surface area contributed by atoms with Gasteiger partial charge >= 0.3 is 0 Å². The monoisotopic (exact) mass is 312 g/mol. The zero-order valence-corrected chi connectivity index (χ0v) is 13.7. The second kappa shape index (κ2) is 9.59. The van der Waals surface area contributed by atoms with Crippen molar-refractivity contribution in [2.75, 3.05) is 5.32 Å². The van der Waals surface area contributed by atoms with E-state index in [0.29, 0.717) is 0 Å². The van der Waals surface area contributed by atoms with Crippen LogP contribution >= 0.6 is 12.4 Å². The molecule has 1 N–H and O–H groups in total. The minimum atomic E-state index is 0. The zero-order valence-electron chi connectivity index (χ0n) is 12.9. The van der Waals surface area contributed by atoms with Crippen LogP contribution in [0.2, 0.25) is 0 Å². The predicted molar refractivity (Wildman–Crippen MR) is 99.7 cm³/mol. The minimum Gasteiger partial charge on any atom is -0.362 e. The van der Waals surface area contributed by atoms with E-state index >= 15 is 0 Å². The highest BCUT2D eigenvalue weighted by atomic mass is 35.5. The van der Waals surface area contributed by atoms with E-state index < -0.39 is 0 Å². The number of nitrogens with zero attached hydrogens (tertiary/aromatic N) is 1. The fourth-order valence-electron chi connectivity index (χ4n) is 1.72. The summed E-state index contributed by atoms with van der Waals surface area (Å²) >= 11 is 0. The van der Waals surface area contributed by atoms with E-state index in [1.165, 1.54) is 11.1 Å². The number of anilines is 1. The summed E-state index contributed by atoms with van der Waals surface area (Å²) in [6.07, 6.45) is 9.49. The standard InChI is InChI=1S/C19H20N2.ClH/c1-16-6-10-18(11-7-16)20-14-4-3-5-15-21-19-12-8-17(2)9-13-19;/h3-15,20H,1-2H3;1H. The lowest BCUT2D eigenvalue weighted by Crippen LogP contribution is -1.85. The van der Waals surface area contributed by atoms with Gasteiger partial charge in [-0.05, 0) is 50.3 Å². The Hall–Kier alpha value is -2.32. The van der Waals surface area contributed by atoms with E-state index in [0.717, 1.165) is 11.4 Å². The molecule has 2 aromatic carbocycles. The molecule has 0 fully saturated rings. The summed E-state index contributed by atoms with van der Waals surface area (Å²) in [4.78, 5) is 4.35. The van der Waals surface area contributed by atoms with Crippen molar-refractivity contribution in [1.82, 2.24) is 0 Å². The van der Waals surface area contributed by atoms with Crippen LogP contribution in [0, 0.1) is 13.8 Å². The Bertz CT molecular complexity index is 638. The average Bonchev–Trinajstić information content (AvgIpc) is 2.50. The molecule has 0 aliphatic rings. The van der Waals surface area contributed by atoms with Crippen LogP contribution < -0.4 is 5.32 Å². The number of hydrogen-bond acceptors (Lipinski definition) is 2. The maximum Gasteiger partial charge on any atom is 0.0629 e. The van der Waals surface area contributed by atoms with Crippen molar-refractivity contribution in [2.45, 2.75) is 13.8 Å². The summed E-state index contributed by atoms with van der Waals surface area (Å²) < 4.78 is 0. The molecule has 0 aromatic heterocycles. The van der Waals surface area contributed by atoms with Crippen LogP contribution in [0.5, 0.6) is 0 Å². The lowest BCUT2D eigenvalue weighted by molar-refractivity contribution is 1.44. The van der Waals surface area contributed by atoms with Crippen LogP contribution in [0.4, 0.5) is 11.4 Å². The van der Waals surface area contributed by atoms with Gasteiger partial charge in [0.2, 0.25) is 0 Å². The number of halogens is 1. The molecule has 2 nitrogen and oxygen atoms in total. The fraction of sp³-hybridized carbons (Fsp3) is 0.105. The topological polar surface area (TPSA) is 24.4 Å². The van der Waals surface area contributed by atoms with E-state index in [9.17, 15) is 0 Å². The van der Waals surface area contributed by atoms with Gasteiger partial charge in [0.05, 0.1) is 5.69 Å². The zero-order chi connectivity index (χ0) is 14.9. The maximum absolute atomic E-state index is 4.35. The van der Waals surface area contributed by atoms with Crippen LogP contribution in [0.3, 0.4) is 0 Å². The second-order valence-electron chi connectivity index (χ2n) is 4.87. The van der Waals surface area contributed by atoms with Crippen molar-refractivity contribution in [3.63, 3.8) is 0 Å². The van der Waals surface area contributed by atoms with Crippen molar-refractivity contribution in [3.8, 4) is 0 Å². The summed E-state index contributed by atoms with van der Waals surface area (Å²) in [6, 6.07) is 16.4. The first-order chi connectivity index (χ1) is 10.2. The van der Waals surface area contributed by atoms with Crippen molar-refractivity contribution < 1.29 is 0 Å². The number of hydrogen-bond donors (Lipinski definition) is 1. The van der Waals surface area contributed by atoms with Crippen LogP contribution in [0.15, 0.2) is 78.0 Å². The molecule has 2 rings (SSSR count). The van der Waals surface area contributed by atoms with Crippen molar-refractivity contribution >= 4 is 30.0 Å². The first kappa shape index (κ1) is 17.7. The number of benzene rings is 2. The lowest BCUT2D eigenvalue weighted by atomic mass is 10.2. The Labute approximate surface area is 138 Å². The molecule has 0 saturated heterocycles. The molecule has 0 aliphatic carbocycles. The molecule has 0 radical (unpaired) electrons. The minimum absolute atomic E-state index is 0. The summed E-state index contributed by atoms with van der Waals surface area (Å²) in [5, 5.41) is 3.21. The maximum atomic E-state index is 4.35. The Morgan fingerprint density at radius 3 is 2.00 bits per heavy atom. The van der Waals surface area contributed by atoms with Gasteiger partial charge in [-0.2, -0.15) is 0 Å². The van der Waals surface area contributed by atoms with Gasteiger partial charge in [0.1, 0.15) is 0 Å². The second-order valence-corrected chi connectivity index (χ2v) is 4.87. The smallest absolute Gasteiger partial charge is 0.0629 e. The first-order valence-corrected chi connectivity index (χ1v) is 7.00. The van der Waals surface area contributed by atoms with Crippen molar-refractivity contribution in [2.24, 2.45) is 4.99 Å². The number of nitrogens with one attached hydrogen (secondary N) is 1. The Kier molecular flexibility index (Phi) is 7.73. The van der Waals surface area contributed by atoms with Crippen LogP contribution in [0.1, 0.15) is 11.1 Å². The van der Waals surface area contributed by atoms with Crippen molar-refractivity contribution in [3.05, 3.63) is 84.1 Å². The summed E-state index contributed by atoms with van der Waals surface area (Å²) in [7, 11) is 0. The number of rotatable bonds is 5. The van der Waals surface area contributed by atoms with Crippen molar-refractivity contribution in [1.29, 1.82) is 0 Å². The average molecular weight is 313 g/mol. The normalized spacial score (nSPS) is 11.2. The number of aliphatic imine (C=N–C) groups is 1. The summed E-state index contributed by atoms with van der Waals surface area (Å²) in [5.41, 5.74) is 4.55.